The van der Waals surface area contributed by atoms with Gasteiger partial charge in [0.25, 0.3) is 0 Å². The lowest BCUT2D eigenvalue weighted by molar-refractivity contribution is 0.101. The maximum Gasteiger partial charge on any atom is 0.227 e. The van der Waals surface area contributed by atoms with Gasteiger partial charge in [-0.05, 0) is 49.7 Å². The van der Waals surface area contributed by atoms with Crippen molar-refractivity contribution < 1.29 is 4.79 Å². The number of carbonyl (C=O) groups excluding carboxylic acids is 1. The third-order valence-electron chi connectivity index (χ3n) is 5.19. The molecule has 0 spiro atoms. The van der Waals surface area contributed by atoms with Crippen LogP contribution < -0.4 is 5.32 Å². The molecule has 0 aliphatic rings. The Hall–Kier alpha value is -4.39. The second-order valence-corrected chi connectivity index (χ2v) is 7.48. The molecule has 0 unspecified atom stereocenters. The fourth-order valence-electron chi connectivity index (χ4n) is 3.55. The first-order valence-electron chi connectivity index (χ1n) is 10.2. The Morgan fingerprint density at radius 2 is 1.78 bits per heavy atom. The van der Waals surface area contributed by atoms with E-state index in [1.807, 2.05) is 73.7 Å². The minimum Gasteiger partial charge on any atom is -0.324 e. The summed E-state index contributed by atoms with van der Waals surface area (Å²) in [6.07, 6.45) is 3.49. The number of fused-ring (bicyclic) bond motifs is 1. The van der Waals surface area contributed by atoms with Gasteiger partial charge in [0.15, 0.2) is 5.78 Å². The van der Waals surface area contributed by atoms with E-state index >= 15 is 0 Å². The minimum atomic E-state index is 0.0357. The Balaban J connectivity index is 1.47. The molecule has 1 N–H and O–H groups in total. The molecule has 2 aromatic heterocycles. The van der Waals surface area contributed by atoms with Crippen molar-refractivity contribution in [3.05, 3.63) is 90.6 Å². The maximum absolute atomic E-state index is 11.8. The van der Waals surface area contributed by atoms with E-state index in [-0.39, 0.29) is 5.78 Å². The second kappa shape index (κ2) is 8.03. The average Bonchev–Trinajstić information content (AvgIpc) is 3.25. The van der Waals surface area contributed by atoms with Gasteiger partial charge in [-0.2, -0.15) is 5.10 Å². The molecule has 0 aliphatic carbocycles. The summed E-state index contributed by atoms with van der Waals surface area (Å²) >= 11 is 0. The molecule has 3 aromatic carbocycles. The van der Waals surface area contributed by atoms with Crippen LogP contribution in [0.2, 0.25) is 0 Å². The highest BCUT2D eigenvalue weighted by molar-refractivity contribution is 5.98. The van der Waals surface area contributed by atoms with E-state index in [1.54, 1.807) is 24.1 Å². The Morgan fingerprint density at radius 3 is 2.53 bits per heavy atom. The third-order valence-corrected chi connectivity index (χ3v) is 5.19. The van der Waals surface area contributed by atoms with Crippen LogP contribution in [0.15, 0.2) is 79.3 Å². The predicted molar refractivity (Wildman–Crippen MR) is 124 cm³/mol. The van der Waals surface area contributed by atoms with Crippen LogP contribution in [0.3, 0.4) is 0 Å². The highest BCUT2D eigenvalue weighted by Gasteiger charge is 2.10. The van der Waals surface area contributed by atoms with Crippen LogP contribution in [0, 0.1) is 6.92 Å². The molecule has 0 fully saturated rings. The smallest absolute Gasteiger partial charge is 0.227 e. The molecule has 0 saturated carbocycles. The summed E-state index contributed by atoms with van der Waals surface area (Å²) < 4.78 is 1.73. The summed E-state index contributed by atoms with van der Waals surface area (Å²) in [4.78, 5) is 25.2. The van der Waals surface area contributed by atoms with E-state index in [1.165, 1.54) is 0 Å². The fraction of sp³-hybridized carbons (Fsp3) is 0.0800. The number of aryl methyl sites for hydroxylation is 1. The first-order valence-corrected chi connectivity index (χ1v) is 10.2. The maximum atomic E-state index is 11.8. The molecule has 5 rings (SSSR count). The molecule has 2 heterocycles. The Labute approximate surface area is 184 Å². The summed E-state index contributed by atoms with van der Waals surface area (Å²) in [7, 11) is 0. The minimum absolute atomic E-state index is 0.0357. The number of rotatable bonds is 5. The van der Waals surface area contributed by atoms with E-state index in [2.05, 4.69) is 20.4 Å². The highest BCUT2D eigenvalue weighted by Crippen LogP contribution is 2.29. The number of nitrogens with one attached hydrogen (secondary N) is 1. The highest BCUT2D eigenvalue weighted by atomic mass is 16.1. The summed E-state index contributed by atoms with van der Waals surface area (Å²) in [6.45, 7) is 3.43. The molecule has 32 heavy (non-hydrogen) atoms. The first-order chi connectivity index (χ1) is 15.6. The number of para-hydroxylation sites is 1. The summed E-state index contributed by atoms with van der Waals surface area (Å²) in [5, 5.41) is 8.52. The Kier molecular flexibility index (Phi) is 4.91. The monoisotopic (exact) mass is 420 g/mol. The van der Waals surface area contributed by atoms with Crippen LogP contribution in [0.5, 0.6) is 0 Å². The zero-order valence-electron chi connectivity index (χ0n) is 17.6. The summed E-state index contributed by atoms with van der Waals surface area (Å²) in [6, 6.07) is 21.4. The first kappa shape index (κ1) is 19.6. The molecule has 5 aromatic rings. The zero-order chi connectivity index (χ0) is 22.1. The normalized spacial score (nSPS) is 10.9. The van der Waals surface area contributed by atoms with Gasteiger partial charge in [0.05, 0.1) is 11.2 Å². The van der Waals surface area contributed by atoms with E-state index in [0.29, 0.717) is 11.5 Å². The van der Waals surface area contributed by atoms with E-state index in [4.69, 9.17) is 4.98 Å². The van der Waals surface area contributed by atoms with E-state index in [0.717, 1.165) is 39.2 Å². The number of carbonyl (C=O) groups is 1. The van der Waals surface area contributed by atoms with Crippen LogP contribution >= 0.6 is 0 Å². The number of anilines is 2. The lowest BCUT2D eigenvalue weighted by Crippen LogP contribution is -1.99. The van der Waals surface area contributed by atoms with Gasteiger partial charge in [-0.15, -0.1) is 0 Å². The SMILES string of the molecule is CC(=O)c1cccc(-c2cccc3cnc(Nc4ccc(-n5cnc(C)n5)cc4)nc23)c1. The van der Waals surface area contributed by atoms with Gasteiger partial charge in [0.2, 0.25) is 5.95 Å². The predicted octanol–water partition coefficient (Wildman–Crippen LogP) is 5.13. The van der Waals surface area contributed by atoms with Gasteiger partial charge in [0, 0.05) is 28.4 Å². The molecule has 0 bridgehead atoms. The second-order valence-electron chi connectivity index (χ2n) is 7.48. The van der Waals surface area contributed by atoms with Crippen molar-refractivity contribution in [1.29, 1.82) is 0 Å². The largest absolute Gasteiger partial charge is 0.324 e. The number of nitrogens with zero attached hydrogens (tertiary/aromatic N) is 5. The number of aromatic nitrogens is 5. The standard InChI is InChI=1S/C25H20N6O/c1-16(32)18-5-3-6-19(13-18)23-8-4-7-20-14-26-25(29-24(20)23)28-21-9-11-22(12-10-21)31-15-27-17(2)30-31/h3-15H,1-2H3,(H,26,28,29). The van der Waals surface area contributed by atoms with Crippen LogP contribution in [0.4, 0.5) is 11.6 Å². The van der Waals surface area contributed by atoms with Crippen LogP contribution in [-0.4, -0.2) is 30.5 Å². The zero-order valence-corrected chi connectivity index (χ0v) is 17.6. The lowest BCUT2D eigenvalue weighted by Gasteiger charge is -2.10. The van der Waals surface area contributed by atoms with Crippen molar-refractivity contribution >= 4 is 28.3 Å². The van der Waals surface area contributed by atoms with Gasteiger partial charge >= 0.3 is 0 Å². The van der Waals surface area contributed by atoms with Gasteiger partial charge in [-0.1, -0.05) is 36.4 Å². The molecule has 0 saturated heterocycles. The molecule has 156 valence electrons. The molecule has 7 nitrogen and oxygen atoms in total. The van der Waals surface area contributed by atoms with E-state index < -0.39 is 0 Å². The van der Waals surface area contributed by atoms with E-state index in [9.17, 15) is 4.79 Å². The molecular formula is C25H20N6O. The number of hydrogen-bond donors (Lipinski definition) is 1. The number of Topliss-reactive ketones (excluding diaryl/α,β-unsaturated/α-hetero) is 1. The van der Waals surface area contributed by atoms with Crippen molar-refractivity contribution in [3.63, 3.8) is 0 Å². The van der Waals surface area contributed by atoms with Gasteiger partial charge in [0.1, 0.15) is 12.2 Å². The van der Waals surface area contributed by atoms with Crippen molar-refractivity contribution in [2.75, 3.05) is 5.32 Å². The lowest BCUT2D eigenvalue weighted by atomic mass is 9.99. The molecule has 0 atom stereocenters. The Bertz CT molecular complexity index is 1440. The van der Waals surface area contributed by atoms with Crippen molar-refractivity contribution in [3.8, 4) is 16.8 Å². The summed E-state index contributed by atoms with van der Waals surface area (Å²) in [5.74, 6) is 1.26. The average molecular weight is 420 g/mol. The van der Waals surface area contributed by atoms with Gasteiger partial charge in [-0.25, -0.2) is 19.6 Å². The topological polar surface area (TPSA) is 85.6 Å². The van der Waals surface area contributed by atoms with Crippen molar-refractivity contribution in [2.24, 2.45) is 0 Å². The molecule has 0 aliphatic heterocycles. The quantitative estimate of drug-likeness (QED) is 0.397. The van der Waals surface area contributed by atoms with Crippen molar-refractivity contribution in [1.82, 2.24) is 24.7 Å². The van der Waals surface area contributed by atoms with Crippen LogP contribution in [0.25, 0.3) is 27.7 Å². The van der Waals surface area contributed by atoms with Crippen LogP contribution in [0.1, 0.15) is 23.1 Å². The fourth-order valence-corrected chi connectivity index (χ4v) is 3.55. The number of hydrogen-bond acceptors (Lipinski definition) is 6. The Morgan fingerprint density at radius 1 is 0.969 bits per heavy atom. The molecule has 0 amide bonds. The molecule has 7 heteroatoms. The van der Waals surface area contributed by atoms with Gasteiger partial charge in [-0.3, -0.25) is 4.79 Å². The molecule has 0 radical (unpaired) electrons. The number of benzene rings is 3. The van der Waals surface area contributed by atoms with Crippen molar-refractivity contribution in [2.45, 2.75) is 13.8 Å². The molecular weight excluding hydrogens is 400 g/mol. The van der Waals surface area contributed by atoms with Crippen LogP contribution in [-0.2, 0) is 0 Å². The number of ketones is 1. The third kappa shape index (κ3) is 3.83. The van der Waals surface area contributed by atoms with Gasteiger partial charge < -0.3 is 5.32 Å². The summed E-state index contributed by atoms with van der Waals surface area (Å²) in [5.41, 5.74) is 5.17.